The predicted octanol–water partition coefficient (Wildman–Crippen LogP) is 1.71. The van der Waals surface area contributed by atoms with Gasteiger partial charge in [0.1, 0.15) is 12.4 Å². The van der Waals surface area contributed by atoms with Gasteiger partial charge < -0.3 is 14.5 Å². The molecule has 1 aromatic heterocycles. The Labute approximate surface area is 106 Å². The summed E-state index contributed by atoms with van der Waals surface area (Å²) in [5, 5.41) is 0.503. The Bertz CT molecular complexity index is 582. The molecule has 1 N–H and O–H groups in total. The first-order chi connectivity index (χ1) is 8.22. The van der Waals surface area contributed by atoms with Crippen LogP contribution in [0.3, 0.4) is 0 Å². The van der Waals surface area contributed by atoms with E-state index in [0.29, 0.717) is 29.9 Å². The summed E-state index contributed by atoms with van der Waals surface area (Å²) in [7, 11) is 1.60. The van der Waals surface area contributed by atoms with Crippen molar-refractivity contribution in [1.29, 1.82) is 0 Å². The highest BCUT2D eigenvalue weighted by Crippen LogP contribution is 2.28. The molecule has 0 saturated heterocycles. The lowest BCUT2D eigenvalue weighted by molar-refractivity contribution is 0.146. The third-order valence-corrected chi connectivity index (χ3v) is 2.86. The van der Waals surface area contributed by atoms with Gasteiger partial charge in [0.05, 0.1) is 28.3 Å². The highest BCUT2D eigenvalue weighted by atomic mass is 79.9. The van der Waals surface area contributed by atoms with Gasteiger partial charge in [-0.2, -0.15) is 0 Å². The molecule has 0 bridgehead atoms. The zero-order valence-corrected chi connectivity index (χ0v) is 10.8. The second-order valence-electron chi connectivity index (χ2n) is 3.37. The number of benzene rings is 1. The maximum atomic E-state index is 11.6. The summed E-state index contributed by atoms with van der Waals surface area (Å²) in [6.07, 6.45) is 1.38. The van der Waals surface area contributed by atoms with Gasteiger partial charge in [0.15, 0.2) is 0 Å². The van der Waals surface area contributed by atoms with Crippen molar-refractivity contribution in [2.75, 3.05) is 20.3 Å². The van der Waals surface area contributed by atoms with Crippen molar-refractivity contribution in [3.05, 3.63) is 33.3 Å². The van der Waals surface area contributed by atoms with Gasteiger partial charge >= 0.3 is 0 Å². The van der Waals surface area contributed by atoms with E-state index in [2.05, 4.69) is 25.9 Å². The Morgan fingerprint density at radius 3 is 3.00 bits per heavy atom. The van der Waals surface area contributed by atoms with Crippen molar-refractivity contribution >= 4 is 26.8 Å². The van der Waals surface area contributed by atoms with Gasteiger partial charge in [0, 0.05) is 7.11 Å². The Kier molecular flexibility index (Phi) is 3.75. The zero-order valence-electron chi connectivity index (χ0n) is 9.20. The van der Waals surface area contributed by atoms with Crippen LogP contribution in [0.5, 0.6) is 5.75 Å². The number of hydrogen-bond donors (Lipinski definition) is 1. The molecule has 0 fully saturated rings. The number of hydrogen-bond acceptors (Lipinski definition) is 4. The third-order valence-electron chi connectivity index (χ3n) is 2.24. The number of rotatable bonds is 4. The van der Waals surface area contributed by atoms with Crippen molar-refractivity contribution in [2.24, 2.45) is 0 Å². The van der Waals surface area contributed by atoms with Crippen molar-refractivity contribution < 1.29 is 9.47 Å². The molecule has 17 heavy (non-hydrogen) atoms. The SMILES string of the molecule is COCCOc1cc2c(=O)[nH]cnc2cc1Br. The molecule has 0 spiro atoms. The van der Waals surface area contributed by atoms with Crippen molar-refractivity contribution in [3.63, 3.8) is 0 Å². The summed E-state index contributed by atoms with van der Waals surface area (Å²) >= 11 is 3.38. The van der Waals surface area contributed by atoms with Crippen molar-refractivity contribution in [1.82, 2.24) is 9.97 Å². The summed E-state index contributed by atoms with van der Waals surface area (Å²) in [5.74, 6) is 0.605. The molecule has 0 atom stereocenters. The zero-order chi connectivity index (χ0) is 12.3. The van der Waals surface area contributed by atoms with Crippen LogP contribution < -0.4 is 10.3 Å². The minimum absolute atomic E-state index is 0.181. The van der Waals surface area contributed by atoms with Gasteiger partial charge in [-0.3, -0.25) is 4.79 Å². The Balaban J connectivity index is 2.40. The Morgan fingerprint density at radius 1 is 1.41 bits per heavy atom. The highest BCUT2D eigenvalue weighted by molar-refractivity contribution is 9.10. The van der Waals surface area contributed by atoms with E-state index in [4.69, 9.17) is 9.47 Å². The molecule has 0 amide bonds. The number of H-pyrrole nitrogens is 1. The normalized spacial score (nSPS) is 10.7. The van der Waals surface area contributed by atoms with E-state index in [1.165, 1.54) is 6.33 Å². The molecule has 0 radical (unpaired) electrons. The molecule has 5 nitrogen and oxygen atoms in total. The molecule has 1 aromatic carbocycles. The number of halogens is 1. The molecular formula is C11H11BrN2O3. The van der Waals surface area contributed by atoms with E-state index in [-0.39, 0.29) is 5.56 Å². The monoisotopic (exact) mass is 298 g/mol. The quantitative estimate of drug-likeness (QED) is 0.873. The van der Waals surface area contributed by atoms with Crippen LogP contribution in [0.4, 0.5) is 0 Å². The molecular weight excluding hydrogens is 288 g/mol. The Hall–Kier alpha value is -1.40. The number of methoxy groups -OCH3 is 1. The van der Waals surface area contributed by atoms with Crippen molar-refractivity contribution in [2.45, 2.75) is 0 Å². The van der Waals surface area contributed by atoms with Crippen LogP contribution in [0.2, 0.25) is 0 Å². The maximum absolute atomic E-state index is 11.6. The second kappa shape index (κ2) is 5.29. The average Bonchev–Trinajstić information content (AvgIpc) is 2.31. The van der Waals surface area contributed by atoms with Crippen LogP contribution in [0.15, 0.2) is 27.7 Å². The lowest BCUT2D eigenvalue weighted by atomic mass is 10.2. The molecule has 0 unspecified atom stereocenters. The maximum Gasteiger partial charge on any atom is 0.258 e. The highest BCUT2D eigenvalue weighted by Gasteiger charge is 2.07. The molecule has 2 rings (SSSR count). The summed E-state index contributed by atoms with van der Waals surface area (Å²) in [4.78, 5) is 18.2. The molecule has 0 aliphatic rings. The fourth-order valence-corrected chi connectivity index (χ4v) is 1.86. The topological polar surface area (TPSA) is 64.2 Å². The molecule has 1 heterocycles. The van der Waals surface area contributed by atoms with Crippen LogP contribution >= 0.6 is 15.9 Å². The summed E-state index contributed by atoms with van der Waals surface area (Å²) < 4.78 is 11.1. The summed E-state index contributed by atoms with van der Waals surface area (Å²) in [6, 6.07) is 3.42. The fraction of sp³-hybridized carbons (Fsp3) is 0.273. The van der Waals surface area contributed by atoms with Crippen LogP contribution in [-0.4, -0.2) is 30.3 Å². The standard InChI is InChI=1S/C11H11BrN2O3/c1-16-2-3-17-10-4-7-9(5-8(10)12)13-6-14-11(7)15/h4-6H,2-3H2,1H3,(H,13,14,15). The van der Waals surface area contributed by atoms with Crippen LogP contribution in [-0.2, 0) is 4.74 Å². The van der Waals surface area contributed by atoms with Gasteiger partial charge in [-0.25, -0.2) is 4.98 Å². The minimum Gasteiger partial charge on any atom is -0.490 e. The number of nitrogens with one attached hydrogen (secondary N) is 1. The molecule has 6 heteroatoms. The Morgan fingerprint density at radius 2 is 2.24 bits per heavy atom. The lowest BCUT2D eigenvalue weighted by Crippen LogP contribution is -2.08. The number of nitrogens with zero attached hydrogens (tertiary/aromatic N) is 1. The van der Waals surface area contributed by atoms with Crippen LogP contribution in [0.25, 0.3) is 10.9 Å². The number of aromatic amines is 1. The van der Waals surface area contributed by atoms with Gasteiger partial charge in [-0.15, -0.1) is 0 Å². The van der Waals surface area contributed by atoms with Gasteiger partial charge in [0.2, 0.25) is 0 Å². The molecule has 0 aliphatic heterocycles. The number of ether oxygens (including phenoxy) is 2. The summed E-state index contributed by atoms with van der Waals surface area (Å²) in [5.41, 5.74) is 0.443. The first-order valence-corrected chi connectivity index (χ1v) is 5.80. The fourth-order valence-electron chi connectivity index (χ4n) is 1.42. The largest absolute Gasteiger partial charge is 0.490 e. The lowest BCUT2D eigenvalue weighted by Gasteiger charge is -2.08. The van der Waals surface area contributed by atoms with Gasteiger partial charge in [-0.1, -0.05) is 0 Å². The molecule has 0 saturated carbocycles. The van der Waals surface area contributed by atoms with E-state index in [9.17, 15) is 4.79 Å². The predicted molar refractivity (Wildman–Crippen MR) is 67.4 cm³/mol. The molecule has 0 aliphatic carbocycles. The van der Waals surface area contributed by atoms with Gasteiger partial charge in [-0.05, 0) is 28.1 Å². The molecule has 2 aromatic rings. The number of fused-ring (bicyclic) bond motifs is 1. The summed E-state index contributed by atoms with van der Waals surface area (Å²) in [6.45, 7) is 0.923. The van der Waals surface area contributed by atoms with Gasteiger partial charge in [0.25, 0.3) is 5.56 Å². The van der Waals surface area contributed by atoms with Crippen LogP contribution in [0.1, 0.15) is 0 Å². The third kappa shape index (κ3) is 2.65. The first-order valence-electron chi connectivity index (χ1n) is 5.01. The van der Waals surface area contributed by atoms with E-state index in [0.717, 1.165) is 4.47 Å². The number of aromatic nitrogens is 2. The van der Waals surface area contributed by atoms with Crippen molar-refractivity contribution in [3.8, 4) is 5.75 Å². The minimum atomic E-state index is -0.181. The molecule has 90 valence electrons. The first kappa shape index (κ1) is 12.1. The van der Waals surface area contributed by atoms with E-state index in [1.807, 2.05) is 0 Å². The smallest absolute Gasteiger partial charge is 0.258 e. The van der Waals surface area contributed by atoms with E-state index < -0.39 is 0 Å². The second-order valence-corrected chi connectivity index (χ2v) is 4.23. The van der Waals surface area contributed by atoms with E-state index >= 15 is 0 Å². The van der Waals surface area contributed by atoms with E-state index in [1.54, 1.807) is 19.2 Å². The van der Waals surface area contributed by atoms with Crippen LogP contribution in [0, 0.1) is 0 Å². The average molecular weight is 299 g/mol.